The quantitative estimate of drug-likeness (QED) is 0.617. The first kappa shape index (κ1) is 14.3. The van der Waals surface area contributed by atoms with E-state index in [1.54, 1.807) is 11.3 Å². The van der Waals surface area contributed by atoms with Crippen molar-refractivity contribution in [3.05, 3.63) is 5.02 Å². The topological polar surface area (TPSA) is 36.3 Å². The molecule has 8 heteroatoms. The number of hydrogen-bond donors (Lipinski definition) is 0. The Morgan fingerprint density at radius 3 is 2.69 bits per heavy atom. The molecule has 1 aromatic rings. The lowest BCUT2D eigenvalue weighted by Crippen LogP contribution is -1.97. The van der Waals surface area contributed by atoms with Crippen molar-refractivity contribution in [1.29, 1.82) is 0 Å². The average molecular weight is 301 g/mol. The van der Waals surface area contributed by atoms with Gasteiger partial charge < -0.3 is 9.05 Å². The lowest BCUT2D eigenvalue weighted by Gasteiger charge is -2.15. The van der Waals surface area contributed by atoms with E-state index in [0.717, 1.165) is 5.03 Å². The molecule has 0 spiro atoms. The van der Waals surface area contributed by atoms with Crippen LogP contribution in [-0.2, 0) is 23.4 Å². The molecule has 0 fully saturated rings. The van der Waals surface area contributed by atoms with Gasteiger partial charge in [-0.3, -0.25) is 4.68 Å². The Morgan fingerprint density at radius 2 is 2.25 bits per heavy atom. The predicted octanol–water partition coefficient (Wildman–Crippen LogP) is 3.15. The molecule has 0 bridgehead atoms. The Morgan fingerprint density at radius 1 is 1.62 bits per heavy atom. The third-order valence-corrected chi connectivity index (χ3v) is 4.80. The van der Waals surface area contributed by atoms with Crippen molar-refractivity contribution in [2.75, 3.05) is 19.5 Å². The van der Waals surface area contributed by atoms with Gasteiger partial charge in [0.2, 0.25) is 6.49 Å². The van der Waals surface area contributed by atoms with E-state index in [1.165, 1.54) is 11.8 Å². The molecule has 1 unspecified atom stereocenters. The summed E-state index contributed by atoms with van der Waals surface area (Å²) in [5.41, 5.74) is 0. The zero-order chi connectivity index (χ0) is 12.3. The van der Waals surface area contributed by atoms with Crippen LogP contribution in [0.2, 0.25) is 5.02 Å². The zero-order valence-electron chi connectivity index (χ0n) is 9.56. The van der Waals surface area contributed by atoms with Gasteiger partial charge in [0.1, 0.15) is 10.0 Å². The van der Waals surface area contributed by atoms with Gasteiger partial charge in [-0.1, -0.05) is 11.6 Å². The Bertz CT molecular complexity index is 424. The van der Waals surface area contributed by atoms with Crippen molar-refractivity contribution in [1.82, 2.24) is 9.78 Å². The van der Waals surface area contributed by atoms with Crippen LogP contribution in [0.5, 0.6) is 5.88 Å². The number of aromatic nitrogens is 2. The number of thioether (sulfide) groups is 1. The summed E-state index contributed by atoms with van der Waals surface area (Å²) < 4.78 is 12.6. The summed E-state index contributed by atoms with van der Waals surface area (Å²) in [7, 11) is 1.81. The summed E-state index contributed by atoms with van der Waals surface area (Å²) in [4.78, 5) is 0. The molecular weight excluding hydrogens is 287 g/mol. The molecule has 0 aromatic carbocycles. The molecule has 0 aliphatic rings. The normalized spacial score (nSPS) is 14.8. The maximum absolute atomic E-state index is 6.12. The standard InChI is InChI=1S/C8H14ClN2O2PS2/c1-5-12-14(3,15)13-7-6(9)8(16-4)11(2)10-7/h5H2,1-4H3. The third kappa shape index (κ3) is 3.37. The molecule has 0 saturated heterocycles. The predicted molar refractivity (Wildman–Crippen MR) is 72.5 cm³/mol. The molecular formula is C8H14ClN2O2PS2. The van der Waals surface area contributed by atoms with E-state index < -0.39 is 6.49 Å². The van der Waals surface area contributed by atoms with Crippen molar-refractivity contribution < 1.29 is 9.05 Å². The van der Waals surface area contributed by atoms with Gasteiger partial charge in [0.05, 0.1) is 6.61 Å². The van der Waals surface area contributed by atoms with Crippen LogP contribution >= 0.6 is 29.9 Å². The average Bonchev–Trinajstić information content (AvgIpc) is 2.41. The zero-order valence-corrected chi connectivity index (χ0v) is 12.8. The Hall–Kier alpha value is 0.260. The van der Waals surface area contributed by atoms with Crippen molar-refractivity contribution >= 4 is 41.7 Å². The first-order valence-corrected chi connectivity index (χ1v) is 9.28. The molecule has 0 aliphatic heterocycles. The Kier molecular flexibility index (Phi) is 5.13. The van der Waals surface area contributed by atoms with Gasteiger partial charge >= 0.3 is 0 Å². The fraction of sp³-hybridized carbons (Fsp3) is 0.625. The van der Waals surface area contributed by atoms with E-state index >= 15 is 0 Å². The van der Waals surface area contributed by atoms with Gasteiger partial charge in [-0.2, -0.15) is 0 Å². The monoisotopic (exact) mass is 300 g/mol. The van der Waals surface area contributed by atoms with Crippen molar-refractivity contribution in [3.8, 4) is 5.88 Å². The summed E-state index contributed by atoms with van der Waals surface area (Å²) in [6.45, 7) is 1.86. The molecule has 0 amide bonds. The van der Waals surface area contributed by atoms with E-state index in [4.69, 9.17) is 32.5 Å². The molecule has 1 heterocycles. The highest BCUT2D eigenvalue weighted by atomic mass is 35.5. The van der Waals surface area contributed by atoms with Gasteiger partial charge in [-0.25, -0.2) is 0 Å². The fourth-order valence-electron chi connectivity index (χ4n) is 1.16. The summed E-state index contributed by atoms with van der Waals surface area (Å²) in [6.07, 6.45) is 1.93. The number of halogens is 1. The Balaban J connectivity index is 2.94. The second-order valence-corrected chi connectivity index (χ2v) is 8.18. The molecule has 1 aromatic heterocycles. The van der Waals surface area contributed by atoms with E-state index in [9.17, 15) is 0 Å². The molecule has 0 radical (unpaired) electrons. The fourth-order valence-corrected chi connectivity index (χ4v) is 3.70. The maximum atomic E-state index is 6.12. The van der Waals surface area contributed by atoms with E-state index in [2.05, 4.69) is 5.10 Å². The number of nitrogens with zero attached hydrogens (tertiary/aromatic N) is 2. The Labute approximate surface area is 110 Å². The lowest BCUT2D eigenvalue weighted by molar-refractivity contribution is 0.332. The second kappa shape index (κ2) is 5.74. The SMILES string of the molecule is CCOP(C)(=S)Oc1nn(C)c(SC)c1Cl. The molecule has 16 heavy (non-hydrogen) atoms. The van der Waals surface area contributed by atoms with Crippen LogP contribution in [0.4, 0.5) is 0 Å². The third-order valence-electron chi connectivity index (χ3n) is 1.72. The first-order chi connectivity index (χ1) is 7.41. The van der Waals surface area contributed by atoms with Crippen LogP contribution in [0.3, 0.4) is 0 Å². The molecule has 1 atom stereocenters. The molecule has 0 saturated carbocycles. The summed E-state index contributed by atoms with van der Waals surface area (Å²) >= 11 is 12.9. The summed E-state index contributed by atoms with van der Waals surface area (Å²) in [5.74, 6) is 0.354. The lowest BCUT2D eigenvalue weighted by atomic mass is 10.7. The molecule has 92 valence electrons. The van der Waals surface area contributed by atoms with Gasteiger partial charge in [-0.15, -0.1) is 16.9 Å². The smallest absolute Gasteiger partial charge is 0.258 e. The highest BCUT2D eigenvalue weighted by Gasteiger charge is 2.20. The van der Waals surface area contributed by atoms with Crippen molar-refractivity contribution in [3.63, 3.8) is 0 Å². The summed E-state index contributed by atoms with van der Waals surface area (Å²) in [5, 5.41) is 5.51. The van der Waals surface area contributed by atoms with Gasteiger partial charge in [0, 0.05) is 13.7 Å². The molecule has 0 N–H and O–H groups in total. The van der Waals surface area contributed by atoms with Gasteiger partial charge in [-0.05, 0) is 25.0 Å². The van der Waals surface area contributed by atoms with Crippen LogP contribution < -0.4 is 4.52 Å². The largest absolute Gasteiger partial charge is 0.423 e. The number of rotatable bonds is 5. The van der Waals surface area contributed by atoms with Crippen molar-refractivity contribution in [2.24, 2.45) is 7.05 Å². The first-order valence-electron chi connectivity index (χ1n) is 4.59. The van der Waals surface area contributed by atoms with Gasteiger partial charge in [0.15, 0.2) is 0 Å². The van der Waals surface area contributed by atoms with Crippen LogP contribution in [-0.4, -0.2) is 29.3 Å². The second-order valence-electron chi connectivity index (χ2n) is 3.03. The summed E-state index contributed by atoms with van der Waals surface area (Å²) in [6, 6.07) is 0. The van der Waals surface area contributed by atoms with E-state index in [0.29, 0.717) is 17.5 Å². The van der Waals surface area contributed by atoms with Crippen LogP contribution in [0, 0.1) is 0 Å². The van der Waals surface area contributed by atoms with E-state index in [1.807, 2.05) is 20.2 Å². The van der Waals surface area contributed by atoms with Crippen LogP contribution in [0.25, 0.3) is 0 Å². The highest BCUT2D eigenvalue weighted by Crippen LogP contribution is 2.47. The minimum absolute atomic E-state index is 0.354. The van der Waals surface area contributed by atoms with Crippen LogP contribution in [0.15, 0.2) is 5.03 Å². The minimum Gasteiger partial charge on any atom is -0.423 e. The van der Waals surface area contributed by atoms with E-state index in [-0.39, 0.29) is 0 Å². The van der Waals surface area contributed by atoms with Crippen LogP contribution in [0.1, 0.15) is 6.92 Å². The highest BCUT2D eigenvalue weighted by molar-refractivity contribution is 8.09. The minimum atomic E-state index is -2.29. The molecule has 4 nitrogen and oxygen atoms in total. The van der Waals surface area contributed by atoms with Crippen molar-refractivity contribution in [2.45, 2.75) is 11.9 Å². The molecule has 1 rings (SSSR count). The maximum Gasteiger partial charge on any atom is 0.258 e. The number of aryl methyl sites for hydroxylation is 1. The molecule has 0 aliphatic carbocycles. The van der Waals surface area contributed by atoms with Gasteiger partial charge in [0.25, 0.3) is 5.88 Å². The number of hydrogen-bond acceptors (Lipinski definition) is 5.